The van der Waals surface area contributed by atoms with E-state index in [-0.39, 0.29) is 17.3 Å². The van der Waals surface area contributed by atoms with Crippen molar-refractivity contribution in [1.29, 1.82) is 0 Å². The molecule has 0 aliphatic carbocycles. The zero-order chi connectivity index (χ0) is 13.5. The molecule has 0 bridgehead atoms. The number of hydrogen-bond donors (Lipinski definition) is 0. The normalized spacial score (nSPS) is 9.65. The van der Waals surface area contributed by atoms with Crippen molar-refractivity contribution in [2.24, 2.45) is 0 Å². The summed E-state index contributed by atoms with van der Waals surface area (Å²) in [6, 6.07) is 0. The van der Waals surface area contributed by atoms with Gasteiger partial charge in [-0.25, -0.2) is 0 Å². The molecule has 0 unspecified atom stereocenters. The smallest absolute Gasteiger partial charge is 0.387 e. The maximum atomic E-state index is 12.1. The largest absolute Gasteiger partial charge is 0.647 e. The lowest BCUT2D eigenvalue weighted by molar-refractivity contribution is 0.207. The highest BCUT2D eigenvalue weighted by atomic mass is 31.2. The van der Waals surface area contributed by atoms with Crippen LogP contribution in [0, 0.1) is 0 Å². The van der Waals surface area contributed by atoms with E-state index in [1.807, 2.05) is 0 Å². The van der Waals surface area contributed by atoms with Gasteiger partial charge in [-0.15, -0.1) is 0 Å². The van der Waals surface area contributed by atoms with Gasteiger partial charge in [0.25, 0.3) is 0 Å². The zero-order valence-corrected chi connectivity index (χ0v) is 10.4. The van der Waals surface area contributed by atoms with Crippen LogP contribution in [0.15, 0.2) is 75.0 Å². The predicted octanol–water partition coefficient (Wildman–Crippen LogP) is 4.24. The molecule has 0 fully saturated rings. The zero-order valence-electron chi connectivity index (χ0n) is 9.55. The highest BCUT2D eigenvalue weighted by molar-refractivity contribution is 7.48. The van der Waals surface area contributed by atoms with Crippen LogP contribution < -0.4 is 0 Å². The Morgan fingerprint density at radius 3 is 1.18 bits per heavy atom. The van der Waals surface area contributed by atoms with Crippen LogP contribution >= 0.6 is 7.82 Å². The summed E-state index contributed by atoms with van der Waals surface area (Å²) >= 11 is 0. The predicted molar refractivity (Wildman–Crippen MR) is 68.9 cm³/mol. The number of phosphoric acid groups is 1. The average Bonchev–Trinajstić information content (AvgIpc) is 2.27. The van der Waals surface area contributed by atoms with E-state index < -0.39 is 7.82 Å². The van der Waals surface area contributed by atoms with Gasteiger partial charge in [0.1, 0.15) is 17.3 Å². The maximum absolute atomic E-state index is 12.1. The third kappa shape index (κ3) is 5.64. The summed E-state index contributed by atoms with van der Waals surface area (Å²) in [6.45, 7) is 20.5. The molecule has 0 heterocycles. The molecular formula is C12H15O4P. The molecule has 0 spiro atoms. The van der Waals surface area contributed by atoms with Crippen molar-refractivity contribution in [2.45, 2.75) is 0 Å². The van der Waals surface area contributed by atoms with Crippen molar-refractivity contribution in [1.82, 2.24) is 0 Å². The topological polar surface area (TPSA) is 44.8 Å². The maximum Gasteiger partial charge on any atom is 0.647 e. The quantitative estimate of drug-likeness (QED) is 0.350. The lowest BCUT2D eigenvalue weighted by atomic mass is 10.6. The molecule has 0 rings (SSSR count). The Morgan fingerprint density at radius 2 is 1.00 bits per heavy atom. The molecule has 0 aliphatic rings. The molecule has 0 aliphatic heterocycles. The second-order valence-corrected chi connectivity index (χ2v) is 4.17. The second kappa shape index (κ2) is 6.61. The fraction of sp³-hybridized carbons (Fsp3) is 0. The molecule has 0 aromatic carbocycles. The summed E-state index contributed by atoms with van der Waals surface area (Å²) < 4.78 is 26.9. The fourth-order valence-electron chi connectivity index (χ4n) is 0.599. The van der Waals surface area contributed by atoms with Crippen LogP contribution in [-0.2, 0) is 18.1 Å². The molecule has 4 nitrogen and oxygen atoms in total. The van der Waals surface area contributed by atoms with E-state index >= 15 is 0 Å². The lowest BCUT2D eigenvalue weighted by Gasteiger charge is -2.19. The summed E-state index contributed by atoms with van der Waals surface area (Å²) in [6.07, 6.45) is 3.77. The number of rotatable bonds is 9. The van der Waals surface area contributed by atoms with Crippen LogP contribution in [0.4, 0.5) is 0 Å². The van der Waals surface area contributed by atoms with E-state index in [1.54, 1.807) is 0 Å². The summed E-state index contributed by atoms with van der Waals surface area (Å²) in [7, 11) is -3.95. The summed E-state index contributed by atoms with van der Waals surface area (Å²) in [5, 5.41) is 0. The number of phosphoric ester groups is 1. The molecule has 0 atom stereocenters. The molecule has 0 saturated heterocycles. The van der Waals surface area contributed by atoms with Crippen molar-refractivity contribution in [3.05, 3.63) is 75.0 Å². The van der Waals surface area contributed by atoms with Crippen molar-refractivity contribution in [2.75, 3.05) is 0 Å². The van der Waals surface area contributed by atoms with Crippen LogP contribution in [0.1, 0.15) is 0 Å². The van der Waals surface area contributed by atoms with Gasteiger partial charge in [0.15, 0.2) is 0 Å². The van der Waals surface area contributed by atoms with Gasteiger partial charge in [-0.1, -0.05) is 39.5 Å². The summed E-state index contributed by atoms with van der Waals surface area (Å²) in [5.41, 5.74) is 0. The van der Waals surface area contributed by atoms with Crippen LogP contribution in [0.25, 0.3) is 0 Å². The lowest BCUT2D eigenvalue weighted by Crippen LogP contribution is -1.97. The minimum Gasteiger partial charge on any atom is -0.387 e. The standard InChI is InChI=1S/C12H15O4P/c1-7-10(4)14-17(13,15-11(5)8-2)16-12(6)9-3/h7-9H,1-6H2. The minimum absolute atomic E-state index is 0.0297. The Balaban J connectivity index is 4.98. The van der Waals surface area contributed by atoms with Gasteiger partial charge < -0.3 is 13.6 Å². The Kier molecular flexibility index (Phi) is 5.86. The molecule has 92 valence electrons. The van der Waals surface area contributed by atoms with Gasteiger partial charge in [0, 0.05) is 0 Å². The molecule has 17 heavy (non-hydrogen) atoms. The Labute approximate surface area is 102 Å². The van der Waals surface area contributed by atoms with Crippen LogP contribution in [0.2, 0.25) is 0 Å². The highest BCUT2D eigenvalue weighted by Gasteiger charge is 2.32. The third-order valence-corrected chi connectivity index (χ3v) is 2.74. The molecule has 0 saturated carbocycles. The van der Waals surface area contributed by atoms with Gasteiger partial charge >= 0.3 is 7.82 Å². The van der Waals surface area contributed by atoms with Crippen molar-refractivity contribution in [3.63, 3.8) is 0 Å². The average molecular weight is 254 g/mol. The van der Waals surface area contributed by atoms with Gasteiger partial charge in [0.2, 0.25) is 0 Å². The monoisotopic (exact) mass is 254 g/mol. The van der Waals surface area contributed by atoms with E-state index in [0.29, 0.717) is 0 Å². The highest BCUT2D eigenvalue weighted by Crippen LogP contribution is 2.54. The Bertz CT molecular complexity index is 358. The molecule has 0 N–H and O–H groups in total. The third-order valence-electron chi connectivity index (χ3n) is 1.37. The van der Waals surface area contributed by atoms with Crippen LogP contribution in [0.3, 0.4) is 0 Å². The minimum atomic E-state index is -3.95. The van der Waals surface area contributed by atoms with Gasteiger partial charge in [-0.3, -0.25) is 0 Å². The summed E-state index contributed by atoms with van der Waals surface area (Å²) in [4.78, 5) is 0. The van der Waals surface area contributed by atoms with E-state index in [2.05, 4.69) is 39.5 Å². The number of hydrogen-bond acceptors (Lipinski definition) is 4. The second-order valence-electron chi connectivity index (χ2n) is 2.73. The first-order chi connectivity index (χ1) is 7.86. The van der Waals surface area contributed by atoms with E-state index in [4.69, 9.17) is 13.6 Å². The van der Waals surface area contributed by atoms with Crippen molar-refractivity contribution >= 4 is 7.82 Å². The first kappa shape index (κ1) is 15.1. The first-order valence-electron chi connectivity index (χ1n) is 4.49. The van der Waals surface area contributed by atoms with E-state index in [9.17, 15) is 4.57 Å². The SMILES string of the molecule is C=CC(=C)OP(=O)(OC(=C)C=C)OC(=C)C=C. The Morgan fingerprint density at radius 1 is 0.765 bits per heavy atom. The molecule has 0 amide bonds. The molecular weight excluding hydrogens is 239 g/mol. The van der Waals surface area contributed by atoms with E-state index in [1.165, 1.54) is 18.2 Å². The van der Waals surface area contributed by atoms with Gasteiger partial charge in [-0.05, 0) is 18.2 Å². The van der Waals surface area contributed by atoms with Crippen LogP contribution in [-0.4, -0.2) is 0 Å². The molecule has 0 aromatic heterocycles. The van der Waals surface area contributed by atoms with Gasteiger partial charge in [-0.2, -0.15) is 4.57 Å². The van der Waals surface area contributed by atoms with Crippen LogP contribution in [0.5, 0.6) is 0 Å². The fourth-order valence-corrected chi connectivity index (χ4v) is 1.80. The van der Waals surface area contributed by atoms with Crippen molar-refractivity contribution in [3.8, 4) is 0 Å². The van der Waals surface area contributed by atoms with Crippen molar-refractivity contribution < 1.29 is 18.1 Å². The Hall–Kier alpha value is -1.93. The molecule has 0 aromatic rings. The van der Waals surface area contributed by atoms with E-state index in [0.717, 1.165) is 0 Å². The number of allylic oxidation sites excluding steroid dienone is 3. The molecule has 5 heteroatoms. The van der Waals surface area contributed by atoms with Gasteiger partial charge in [0.05, 0.1) is 0 Å². The molecule has 0 radical (unpaired) electrons. The summed E-state index contributed by atoms with van der Waals surface area (Å²) in [5.74, 6) is 0.0890. The first-order valence-corrected chi connectivity index (χ1v) is 5.95.